The van der Waals surface area contributed by atoms with E-state index in [0.717, 1.165) is 28.1 Å². The zero-order chi connectivity index (χ0) is 19.1. The number of likely N-dealkylation sites (N-methyl/N-ethyl adjacent to an activating group) is 1. The summed E-state index contributed by atoms with van der Waals surface area (Å²) in [5.74, 6) is 0.499. The predicted molar refractivity (Wildman–Crippen MR) is 103 cm³/mol. The van der Waals surface area contributed by atoms with E-state index in [1.165, 1.54) is 4.90 Å². The number of hydrogen-bond donors (Lipinski definition) is 1. The Morgan fingerprint density at radius 1 is 1.04 bits per heavy atom. The number of para-hydroxylation sites is 2. The molecule has 2 aromatic rings. The number of carbonyl (C=O) groups is 2. The summed E-state index contributed by atoms with van der Waals surface area (Å²) in [4.78, 5) is 26.1. The minimum Gasteiger partial charge on any atom is -0.496 e. The highest BCUT2D eigenvalue weighted by Gasteiger charge is 2.15. The van der Waals surface area contributed by atoms with Crippen molar-refractivity contribution in [1.82, 2.24) is 4.90 Å². The Labute approximate surface area is 155 Å². The molecule has 0 saturated heterocycles. The first kappa shape index (κ1) is 19.5. The van der Waals surface area contributed by atoms with Crippen LogP contribution in [0.5, 0.6) is 5.75 Å². The lowest BCUT2D eigenvalue weighted by Crippen LogP contribution is -2.35. The fourth-order valence-corrected chi connectivity index (χ4v) is 2.84. The molecular formula is C21H26N2O3. The zero-order valence-corrected chi connectivity index (χ0v) is 15.8. The van der Waals surface area contributed by atoms with Crippen molar-refractivity contribution >= 4 is 17.5 Å². The van der Waals surface area contributed by atoms with Crippen LogP contribution in [0.15, 0.2) is 42.5 Å². The summed E-state index contributed by atoms with van der Waals surface area (Å²) in [7, 11) is 3.26. The number of ether oxygens (including phenoxy) is 1. The molecule has 26 heavy (non-hydrogen) atoms. The first-order valence-corrected chi connectivity index (χ1v) is 8.64. The fourth-order valence-electron chi connectivity index (χ4n) is 2.84. The summed E-state index contributed by atoms with van der Waals surface area (Å²) in [5.41, 5.74) is 3.80. The van der Waals surface area contributed by atoms with E-state index >= 15 is 0 Å². The SMILES string of the molecule is COc1ccccc1CCC(=O)N(C)CC(=O)Nc1c(C)cccc1C. The minimum atomic E-state index is -0.199. The molecule has 0 spiro atoms. The highest BCUT2D eigenvalue weighted by Crippen LogP contribution is 2.20. The third-order valence-electron chi connectivity index (χ3n) is 4.35. The average Bonchev–Trinajstić information content (AvgIpc) is 2.63. The highest BCUT2D eigenvalue weighted by atomic mass is 16.5. The number of amides is 2. The molecule has 2 aromatic carbocycles. The molecule has 0 atom stereocenters. The first-order chi connectivity index (χ1) is 12.4. The maximum Gasteiger partial charge on any atom is 0.243 e. The van der Waals surface area contributed by atoms with Gasteiger partial charge in [-0.05, 0) is 43.0 Å². The molecule has 1 N–H and O–H groups in total. The van der Waals surface area contributed by atoms with E-state index in [2.05, 4.69) is 5.32 Å². The van der Waals surface area contributed by atoms with E-state index in [-0.39, 0.29) is 18.4 Å². The minimum absolute atomic E-state index is 0.0263. The van der Waals surface area contributed by atoms with Crippen molar-refractivity contribution < 1.29 is 14.3 Å². The van der Waals surface area contributed by atoms with Crippen LogP contribution in [0.4, 0.5) is 5.69 Å². The first-order valence-electron chi connectivity index (χ1n) is 8.64. The molecule has 0 saturated carbocycles. The van der Waals surface area contributed by atoms with Gasteiger partial charge in [-0.2, -0.15) is 0 Å². The van der Waals surface area contributed by atoms with Gasteiger partial charge in [0.25, 0.3) is 0 Å². The van der Waals surface area contributed by atoms with Crippen molar-refractivity contribution in [3.8, 4) is 5.75 Å². The molecule has 0 heterocycles. The molecule has 0 bridgehead atoms. The van der Waals surface area contributed by atoms with Crippen LogP contribution in [-0.2, 0) is 16.0 Å². The molecule has 2 amide bonds. The molecule has 5 nitrogen and oxygen atoms in total. The van der Waals surface area contributed by atoms with Gasteiger partial charge in [0.05, 0.1) is 13.7 Å². The van der Waals surface area contributed by atoms with Crippen molar-refractivity contribution in [2.24, 2.45) is 0 Å². The van der Waals surface area contributed by atoms with Gasteiger partial charge in [-0.3, -0.25) is 9.59 Å². The molecule has 5 heteroatoms. The second-order valence-electron chi connectivity index (χ2n) is 6.38. The fraction of sp³-hybridized carbons (Fsp3) is 0.333. The lowest BCUT2D eigenvalue weighted by molar-refractivity contribution is -0.133. The molecule has 2 rings (SSSR count). The number of nitrogens with zero attached hydrogens (tertiary/aromatic N) is 1. The quantitative estimate of drug-likeness (QED) is 0.830. The number of rotatable bonds is 7. The lowest BCUT2D eigenvalue weighted by Gasteiger charge is -2.18. The van der Waals surface area contributed by atoms with Crippen molar-refractivity contribution in [1.29, 1.82) is 0 Å². The van der Waals surface area contributed by atoms with E-state index in [4.69, 9.17) is 4.74 Å². The summed E-state index contributed by atoms with van der Waals surface area (Å²) in [6, 6.07) is 13.5. The second-order valence-corrected chi connectivity index (χ2v) is 6.38. The molecule has 0 radical (unpaired) electrons. The molecule has 0 unspecified atom stereocenters. The molecule has 138 valence electrons. The zero-order valence-electron chi connectivity index (χ0n) is 15.8. The van der Waals surface area contributed by atoms with Gasteiger partial charge in [-0.25, -0.2) is 0 Å². The summed E-state index contributed by atoms with van der Waals surface area (Å²) in [5, 5.41) is 2.90. The van der Waals surface area contributed by atoms with Gasteiger partial charge in [-0.1, -0.05) is 36.4 Å². The highest BCUT2D eigenvalue weighted by molar-refractivity contribution is 5.95. The summed E-state index contributed by atoms with van der Waals surface area (Å²) < 4.78 is 5.30. The molecular weight excluding hydrogens is 328 g/mol. The van der Waals surface area contributed by atoms with Gasteiger partial charge in [0.2, 0.25) is 11.8 Å². The number of anilines is 1. The van der Waals surface area contributed by atoms with Crippen molar-refractivity contribution in [3.05, 3.63) is 59.2 Å². The number of hydrogen-bond acceptors (Lipinski definition) is 3. The van der Waals surface area contributed by atoms with Crippen LogP contribution >= 0.6 is 0 Å². The Hall–Kier alpha value is -2.82. The van der Waals surface area contributed by atoms with Gasteiger partial charge >= 0.3 is 0 Å². The molecule has 0 aromatic heterocycles. The summed E-state index contributed by atoms with van der Waals surface area (Å²) >= 11 is 0. The smallest absolute Gasteiger partial charge is 0.243 e. The molecule has 0 aliphatic heterocycles. The van der Waals surface area contributed by atoms with Crippen LogP contribution in [0.25, 0.3) is 0 Å². The third-order valence-corrected chi connectivity index (χ3v) is 4.35. The molecule has 0 aliphatic carbocycles. The number of methoxy groups -OCH3 is 1. The Kier molecular flexibility index (Phi) is 6.78. The Morgan fingerprint density at radius 3 is 2.35 bits per heavy atom. The van der Waals surface area contributed by atoms with Gasteiger partial charge in [-0.15, -0.1) is 0 Å². The van der Waals surface area contributed by atoms with Crippen LogP contribution in [-0.4, -0.2) is 37.4 Å². The van der Waals surface area contributed by atoms with Gasteiger partial charge in [0.1, 0.15) is 5.75 Å². The van der Waals surface area contributed by atoms with Crippen LogP contribution in [0, 0.1) is 13.8 Å². The lowest BCUT2D eigenvalue weighted by atomic mass is 10.1. The summed E-state index contributed by atoms with van der Waals surface area (Å²) in [6.45, 7) is 3.92. The van der Waals surface area contributed by atoms with Crippen LogP contribution < -0.4 is 10.1 Å². The van der Waals surface area contributed by atoms with Gasteiger partial charge in [0.15, 0.2) is 0 Å². The molecule has 0 aliphatic rings. The van der Waals surface area contributed by atoms with Gasteiger partial charge in [0, 0.05) is 19.2 Å². The summed E-state index contributed by atoms with van der Waals surface area (Å²) in [6.07, 6.45) is 0.902. The third kappa shape index (κ3) is 5.09. The van der Waals surface area contributed by atoms with E-state index in [0.29, 0.717) is 12.8 Å². The van der Waals surface area contributed by atoms with E-state index in [1.807, 2.05) is 56.3 Å². The number of carbonyl (C=O) groups excluding carboxylic acids is 2. The Balaban J connectivity index is 1.89. The largest absolute Gasteiger partial charge is 0.496 e. The Bertz CT molecular complexity index is 766. The second kappa shape index (κ2) is 9.04. The maximum atomic E-state index is 12.3. The van der Waals surface area contributed by atoms with Crippen molar-refractivity contribution in [2.45, 2.75) is 26.7 Å². The van der Waals surface area contributed by atoms with Crippen LogP contribution in [0.1, 0.15) is 23.1 Å². The van der Waals surface area contributed by atoms with E-state index < -0.39 is 0 Å². The number of benzene rings is 2. The predicted octanol–water partition coefficient (Wildman–Crippen LogP) is 3.34. The van der Waals surface area contributed by atoms with Crippen LogP contribution in [0.3, 0.4) is 0 Å². The van der Waals surface area contributed by atoms with Crippen molar-refractivity contribution in [2.75, 3.05) is 26.0 Å². The number of nitrogens with one attached hydrogen (secondary N) is 1. The maximum absolute atomic E-state index is 12.3. The van der Waals surface area contributed by atoms with Crippen molar-refractivity contribution in [3.63, 3.8) is 0 Å². The standard InChI is InChI=1S/C21H26N2O3/c1-15-8-7-9-16(2)21(15)22-19(24)14-23(3)20(25)13-12-17-10-5-6-11-18(17)26-4/h5-11H,12-14H2,1-4H3,(H,22,24). The topological polar surface area (TPSA) is 58.6 Å². The van der Waals surface area contributed by atoms with Crippen LogP contribution in [0.2, 0.25) is 0 Å². The normalized spacial score (nSPS) is 10.3. The number of aryl methyl sites for hydroxylation is 3. The monoisotopic (exact) mass is 354 g/mol. The van der Waals surface area contributed by atoms with E-state index in [1.54, 1.807) is 14.2 Å². The van der Waals surface area contributed by atoms with E-state index in [9.17, 15) is 9.59 Å². The van der Waals surface area contributed by atoms with Gasteiger partial charge < -0.3 is 15.0 Å². The molecule has 0 fully saturated rings. The Morgan fingerprint density at radius 2 is 1.69 bits per heavy atom. The average molecular weight is 354 g/mol.